The van der Waals surface area contributed by atoms with Gasteiger partial charge in [-0.1, -0.05) is 73.7 Å². The van der Waals surface area contributed by atoms with Crippen LogP contribution in [0.15, 0.2) is 71.6 Å². The Bertz CT molecular complexity index is 1280. The highest BCUT2D eigenvalue weighted by Crippen LogP contribution is 2.29. The number of nitrogens with zero attached hydrogens (tertiary/aromatic N) is 6. The second-order valence-electron chi connectivity index (χ2n) is 7.27. The molecule has 4 rings (SSSR count). The first-order valence-electron chi connectivity index (χ1n) is 10.6. The molecule has 0 aliphatic rings. The van der Waals surface area contributed by atoms with Gasteiger partial charge in [0.05, 0.1) is 13.1 Å². The van der Waals surface area contributed by atoms with Crippen molar-refractivity contribution in [1.82, 2.24) is 35.0 Å². The fourth-order valence-electron chi connectivity index (χ4n) is 3.46. The number of aromatic amines is 1. The van der Waals surface area contributed by atoms with E-state index in [-0.39, 0.29) is 5.69 Å². The number of tetrazole rings is 1. The number of hydrogen-bond donors (Lipinski definition) is 1. The van der Waals surface area contributed by atoms with Crippen molar-refractivity contribution in [3.8, 4) is 22.5 Å². The van der Waals surface area contributed by atoms with Crippen LogP contribution in [0.4, 0.5) is 0 Å². The molecule has 0 atom stereocenters. The highest BCUT2D eigenvalue weighted by atomic mass is 16.2. The maximum Gasteiger partial charge on any atom is 0.346 e. The summed E-state index contributed by atoms with van der Waals surface area (Å²) in [5.41, 5.74) is 3.86. The van der Waals surface area contributed by atoms with Gasteiger partial charge >= 0.3 is 5.69 Å². The van der Waals surface area contributed by atoms with Crippen LogP contribution in [0.1, 0.15) is 31.7 Å². The van der Waals surface area contributed by atoms with Crippen LogP contribution in [0.5, 0.6) is 0 Å². The van der Waals surface area contributed by atoms with Gasteiger partial charge in [-0.05, 0) is 41.3 Å². The fraction of sp³-hybridized carbons (Fsp3) is 0.208. The Morgan fingerprint density at radius 2 is 1.81 bits per heavy atom. The van der Waals surface area contributed by atoms with Crippen molar-refractivity contribution in [2.75, 3.05) is 0 Å². The first-order valence-corrected chi connectivity index (χ1v) is 10.6. The summed E-state index contributed by atoms with van der Waals surface area (Å²) in [4.78, 5) is 12.9. The fourth-order valence-corrected chi connectivity index (χ4v) is 3.46. The summed E-state index contributed by atoms with van der Waals surface area (Å²) < 4.78 is 3.20. The van der Waals surface area contributed by atoms with Gasteiger partial charge in [-0.2, -0.15) is 5.21 Å². The summed E-state index contributed by atoms with van der Waals surface area (Å²) in [7, 11) is 0. The first kappa shape index (κ1) is 21.2. The summed E-state index contributed by atoms with van der Waals surface area (Å²) in [6, 6.07) is 16.1. The van der Waals surface area contributed by atoms with E-state index >= 15 is 0 Å². The zero-order valence-corrected chi connectivity index (χ0v) is 18.1. The lowest BCUT2D eigenvalue weighted by Crippen LogP contribution is -2.25. The average molecular weight is 428 g/mol. The second-order valence-corrected chi connectivity index (χ2v) is 7.27. The highest BCUT2D eigenvalue weighted by molar-refractivity contribution is 5.80. The molecule has 0 fully saturated rings. The molecule has 162 valence electrons. The van der Waals surface area contributed by atoms with Crippen LogP contribution < -0.4 is 5.69 Å². The molecule has 0 unspecified atom stereocenters. The Morgan fingerprint density at radius 3 is 2.50 bits per heavy atom. The predicted molar refractivity (Wildman–Crippen MR) is 125 cm³/mol. The molecule has 0 aliphatic heterocycles. The van der Waals surface area contributed by atoms with Gasteiger partial charge in [-0.15, -0.1) is 15.3 Å². The third-order valence-electron chi connectivity index (χ3n) is 5.09. The molecular formula is C24H25N7O. The third-order valence-corrected chi connectivity index (χ3v) is 5.09. The van der Waals surface area contributed by atoms with E-state index < -0.39 is 0 Å². The van der Waals surface area contributed by atoms with Crippen molar-refractivity contribution in [1.29, 1.82) is 0 Å². The van der Waals surface area contributed by atoms with Crippen molar-refractivity contribution in [3.63, 3.8) is 0 Å². The van der Waals surface area contributed by atoms with Crippen molar-refractivity contribution >= 4 is 6.08 Å². The highest BCUT2D eigenvalue weighted by Gasteiger charge is 2.13. The maximum absolute atomic E-state index is 12.9. The SMILES string of the molecule is C/C=C/Cn1nc(/C=C/CC)n(Cc2ccc(-c3ccccc3-c3nn[nH]n3)cc2)c1=O. The van der Waals surface area contributed by atoms with Crippen LogP contribution in [-0.4, -0.2) is 35.0 Å². The molecule has 2 aromatic carbocycles. The smallest absolute Gasteiger partial charge is 0.271 e. The van der Waals surface area contributed by atoms with Crippen molar-refractivity contribution in [2.45, 2.75) is 33.4 Å². The molecule has 1 N–H and O–H groups in total. The largest absolute Gasteiger partial charge is 0.346 e. The van der Waals surface area contributed by atoms with Crippen molar-refractivity contribution < 1.29 is 0 Å². The summed E-state index contributed by atoms with van der Waals surface area (Å²) in [6.07, 6.45) is 8.63. The van der Waals surface area contributed by atoms with E-state index in [1.165, 1.54) is 4.68 Å². The molecule has 2 heterocycles. The lowest BCUT2D eigenvalue weighted by Gasteiger charge is -2.09. The third kappa shape index (κ3) is 4.49. The van der Waals surface area contributed by atoms with Gasteiger partial charge in [0, 0.05) is 5.56 Å². The Morgan fingerprint density at radius 1 is 1.03 bits per heavy atom. The van der Waals surface area contributed by atoms with E-state index in [9.17, 15) is 4.79 Å². The minimum atomic E-state index is -0.120. The molecule has 0 spiro atoms. The van der Waals surface area contributed by atoms with Crippen LogP contribution in [0.2, 0.25) is 0 Å². The molecule has 0 aliphatic carbocycles. The topological polar surface area (TPSA) is 94.3 Å². The standard InChI is InChI=1S/C24H25N7O/c1-3-5-11-22-27-31(16-6-4-2)24(32)30(22)17-18-12-14-19(15-13-18)20-9-7-8-10-21(20)23-25-28-29-26-23/h4-15H,3,16-17H2,1-2H3,(H,25,26,28,29)/b6-4+,11-5+. The summed E-state index contributed by atoms with van der Waals surface area (Å²) >= 11 is 0. The number of nitrogens with one attached hydrogen (secondary N) is 1. The number of hydrogen-bond acceptors (Lipinski definition) is 5. The lowest BCUT2D eigenvalue weighted by molar-refractivity contribution is 0.647. The quantitative estimate of drug-likeness (QED) is 0.430. The first-order chi connectivity index (χ1) is 15.7. The van der Waals surface area contributed by atoms with Gasteiger partial charge < -0.3 is 0 Å². The van der Waals surface area contributed by atoms with Gasteiger partial charge in [0.15, 0.2) is 5.82 Å². The summed E-state index contributed by atoms with van der Waals surface area (Å²) in [6.45, 7) is 4.89. The molecule has 2 aromatic heterocycles. The lowest BCUT2D eigenvalue weighted by atomic mass is 9.98. The van der Waals surface area contributed by atoms with Gasteiger partial charge in [-0.25, -0.2) is 9.48 Å². The number of benzene rings is 2. The number of aromatic nitrogens is 7. The molecule has 4 aromatic rings. The maximum atomic E-state index is 12.9. The van der Waals surface area contributed by atoms with Gasteiger partial charge in [0.25, 0.3) is 0 Å². The molecule has 0 radical (unpaired) electrons. The zero-order valence-electron chi connectivity index (χ0n) is 18.1. The summed E-state index contributed by atoms with van der Waals surface area (Å²) in [5.74, 6) is 1.21. The van der Waals surface area contributed by atoms with Crippen LogP contribution in [-0.2, 0) is 13.1 Å². The monoisotopic (exact) mass is 427 g/mol. The van der Waals surface area contributed by atoms with Gasteiger partial charge in [0.1, 0.15) is 0 Å². The number of rotatable bonds is 8. The Hall–Kier alpha value is -4.07. The Labute approximate surface area is 185 Å². The number of H-pyrrole nitrogens is 1. The molecule has 0 bridgehead atoms. The molecular weight excluding hydrogens is 402 g/mol. The van der Waals surface area contributed by atoms with Crippen LogP contribution in [0.25, 0.3) is 28.6 Å². The van der Waals surface area contributed by atoms with E-state index in [1.54, 1.807) is 4.57 Å². The van der Waals surface area contributed by atoms with E-state index in [2.05, 4.69) is 32.6 Å². The van der Waals surface area contributed by atoms with Crippen LogP contribution in [0.3, 0.4) is 0 Å². The van der Waals surface area contributed by atoms with Crippen LogP contribution in [0, 0.1) is 0 Å². The Balaban J connectivity index is 1.64. The summed E-state index contributed by atoms with van der Waals surface area (Å²) in [5, 5.41) is 18.9. The van der Waals surface area contributed by atoms with Gasteiger partial charge in [-0.3, -0.25) is 4.57 Å². The molecule has 0 saturated heterocycles. The minimum absolute atomic E-state index is 0.120. The minimum Gasteiger partial charge on any atom is -0.271 e. The van der Waals surface area contributed by atoms with Crippen molar-refractivity contribution in [3.05, 3.63) is 88.6 Å². The molecule has 8 nitrogen and oxygen atoms in total. The number of allylic oxidation sites excluding steroid dienone is 3. The van der Waals surface area contributed by atoms with E-state index in [4.69, 9.17) is 0 Å². The normalized spacial score (nSPS) is 11.7. The second kappa shape index (κ2) is 9.82. The molecule has 8 heteroatoms. The van der Waals surface area contributed by atoms with E-state index in [0.29, 0.717) is 24.7 Å². The Kier molecular flexibility index (Phi) is 6.50. The van der Waals surface area contributed by atoms with Gasteiger partial charge in [0.2, 0.25) is 5.82 Å². The molecule has 32 heavy (non-hydrogen) atoms. The predicted octanol–water partition coefficient (Wildman–Crippen LogP) is 3.94. The average Bonchev–Trinajstić information content (AvgIpc) is 3.46. The van der Waals surface area contributed by atoms with Crippen molar-refractivity contribution in [2.24, 2.45) is 0 Å². The zero-order chi connectivity index (χ0) is 22.3. The van der Waals surface area contributed by atoms with E-state index in [1.807, 2.05) is 79.8 Å². The van der Waals surface area contributed by atoms with Crippen LogP contribution >= 0.6 is 0 Å². The molecule has 0 saturated carbocycles. The van der Waals surface area contributed by atoms with E-state index in [0.717, 1.165) is 28.7 Å². The molecule has 0 amide bonds.